The highest BCUT2D eigenvalue weighted by Gasteiger charge is 2.50. The molecule has 0 unspecified atom stereocenters. The molecule has 5 rings (SSSR count). The van der Waals surface area contributed by atoms with E-state index in [4.69, 9.17) is 31.5 Å². The second-order valence-corrected chi connectivity index (χ2v) is 9.34. The second-order valence-electron chi connectivity index (χ2n) is 8.90. The first-order valence-corrected chi connectivity index (χ1v) is 12.2. The quantitative estimate of drug-likeness (QED) is 0.331. The summed E-state index contributed by atoms with van der Waals surface area (Å²) in [6, 6.07) is 7.64. The Morgan fingerprint density at radius 3 is 2.69 bits per heavy atom. The predicted molar refractivity (Wildman–Crippen MR) is 132 cm³/mol. The van der Waals surface area contributed by atoms with Crippen LogP contribution in [0.3, 0.4) is 0 Å². The lowest BCUT2D eigenvalue weighted by atomic mass is 10.0. The van der Waals surface area contributed by atoms with Crippen LogP contribution in [-0.4, -0.2) is 80.1 Å². The van der Waals surface area contributed by atoms with Gasteiger partial charge in [-0.15, -0.1) is 0 Å². The van der Waals surface area contributed by atoms with Crippen LogP contribution in [0.4, 0.5) is 11.6 Å². The number of fused-ring (bicyclic) bond motifs is 1. The van der Waals surface area contributed by atoms with Gasteiger partial charge in [0.2, 0.25) is 5.95 Å². The lowest BCUT2D eigenvalue weighted by Gasteiger charge is -2.44. The van der Waals surface area contributed by atoms with Crippen LogP contribution in [0.25, 0.3) is 11.2 Å². The van der Waals surface area contributed by atoms with Gasteiger partial charge in [-0.3, -0.25) is 14.3 Å². The SMILES string of the molecule is CCOC1(O[C@@H]2[C@H](O)[C@@H](CO)O[C@H]2n2cnc3c(=O)[nH]c(N)nc32)CCN(c2ccc(Cl)cc2)CC1. The van der Waals surface area contributed by atoms with Gasteiger partial charge in [0.1, 0.15) is 18.3 Å². The number of halogens is 1. The molecule has 2 saturated heterocycles. The number of nitrogen functional groups attached to an aromatic ring is 1. The smallest absolute Gasteiger partial charge is 0.280 e. The van der Waals surface area contributed by atoms with E-state index in [0.29, 0.717) is 37.6 Å². The number of ether oxygens (including phenoxy) is 3. The first kappa shape index (κ1) is 24.9. The molecular weight excluding hydrogens is 492 g/mol. The summed E-state index contributed by atoms with van der Waals surface area (Å²) >= 11 is 6.03. The van der Waals surface area contributed by atoms with Crippen molar-refractivity contribution in [3.8, 4) is 0 Å². The van der Waals surface area contributed by atoms with Crippen LogP contribution in [0.5, 0.6) is 0 Å². The molecule has 0 saturated carbocycles. The normalized spacial score (nSPS) is 26.1. The third-order valence-electron chi connectivity index (χ3n) is 6.69. The van der Waals surface area contributed by atoms with Gasteiger partial charge in [-0.05, 0) is 31.2 Å². The molecule has 0 amide bonds. The summed E-state index contributed by atoms with van der Waals surface area (Å²) in [7, 11) is 0. The number of aromatic amines is 1. The van der Waals surface area contributed by atoms with Gasteiger partial charge in [0.05, 0.1) is 12.9 Å². The van der Waals surface area contributed by atoms with E-state index in [0.717, 1.165) is 5.69 Å². The molecule has 2 fully saturated rings. The molecular formula is C23H29ClN6O6. The van der Waals surface area contributed by atoms with Crippen LogP contribution in [0.2, 0.25) is 5.02 Å². The maximum atomic E-state index is 12.3. The molecule has 36 heavy (non-hydrogen) atoms. The number of rotatable bonds is 7. The van der Waals surface area contributed by atoms with Gasteiger partial charge < -0.3 is 35.1 Å². The fourth-order valence-corrected chi connectivity index (χ4v) is 5.04. The topological polar surface area (TPSA) is 161 Å². The highest BCUT2D eigenvalue weighted by Crippen LogP contribution is 2.39. The Kier molecular flexibility index (Phi) is 6.90. The Bertz CT molecular complexity index is 1260. The third-order valence-corrected chi connectivity index (χ3v) is 6.94. The van der Waals surface area contributed by atoms with Crippen molar-refractivity contribution in [1.82, 2.24) is 19.5 Å². The minimum atomic E-state index is -1.16. The largest absolute Gasteiger partial charge is 0.394 e. The van der Waals surface area contributed by atoms with Crippen LogP contribution in [0.15, 0.2) is 35.4 Å². The average molecular weight is 521 g/mol. The van der Waals surface area contributed by atoms with Crippen LogP contribution >= 0.6 is 11.6 Å². The molecule has 12 nitrogen and oxygen atoms in total. The van der Waals surface area contributed by atoms with Crippen LogP contribution < -0.4 is 16.2 Å². The van der Waals surface area contributed by atoms with Gasteiger partial charge in [-0.2, -0.15) is 4.98 Å². The number of hydrogen-bond donors (Lipinski definition) is 4. The van der Waals surface area contributed by atoms with E-state index in [1.165, 1.54) is 10.9 Å². The molecule has 0 spiro atoms. The number of nitrogens with two attached hydrogens (primary N) is 1. The molecule has 5 N–H and O–H groups in total. The number of benzene rings is 1. The Hall–Kier alpha value is -2.74. The molecule has 2 aliphatic heterocycles. The molecule has 2 aromatic heterocycles. The van der Waals surface area contributed by atoms with Crippen molar-refractivity contribution in [2.45, 2.75) is 50.1 Å². The maximum Gasteiger partial charge on any atom is 0.280 e. The number of nitrogens with zero attached hydrogens (tertiary/aromatic N) is 4. The molecule has 4 heterocycles. The molecule has 2 aliphatic rings. The molecule has 3 aromatic rings. The van der Waals surface area contributed by atoms with E-state index < -0.39 is 42.5 Å². The summed E-state index contributed by atoms with van der Waals surface area (Å²) < 4.78 is 20.1. The van der Waals surface area contributed by atoms with E-state index >= 15 is 0 Å². The van der Waals surface area contributed by atoms with Crippen LogP contribution in [0.1, 0.15) is 26.0 Å². The lowest BCUT2D eigenvalue weighted by molar-refractivity contribution is -0.285. The lowest BCUT2D eigenvalue weighted by Crippen LogP contribution is -2.52. The van der Waals surface area contributed by atoms with Gasteiger partial charge in [0.15, 0.2) is 23.2 Å². The summed E-state index contributed by atoms with van der Waals surface area (Å²) in [6.07, 6.45) is -1.50. The zero-order chi connectivity index (χ0) is 25.4. The molecule has 4 atom stereocenters. The van der Waals surface area contributed by atoms with Crippen molar-refractivity contribution in [3.05, 3.63) is 46.0 Å². The minimum Gasteiger partial charge on any atom is -0.394 e. The van der Waals surface area contributed by atoms with Crippen LogP contribution in [0, 0.1) is 0 Å². The molecule has 1 aromatic carbocycles. The van der Waals surface area contributed by atoms with E-state index in [1.54, 1.807) is 0 Å². The van der Waals surface area contributed by atoms with E-state index in [9.17, 15) is 15.0 Å². The van der Waals surface area contributed by atoms with Crippen molar-refractivity contribution in [3.63, 3.8) is 0 Å². The first-order valence-electron chi connectivity index (χ1n) is 11.8. The molecule has 0 radical (unpaired) electrons. The Morgan fingerprint density at radius 2 is 2.03 bits per heavy atom. The Balaban J connectivity index is 1.42. The average Bonchev–Trinajstić information content (AvgIpc) is 3.41. The monoisotopic (exact) mass is 520 g/mol. The number of hydrogen-bond acceptors (Lipinski definition) is 10. The number of anilines is 2. The predicted octanol–water partition coefficient (Wildman–Crippen LogP) is 1.02. The van der Waals surface area contributed by atoms with Crippen LogP contribution in [-0.2, 0) is 14.2 Å². The Morgan fingerprint density at radius 1 is 1.31 bits per heavy atom. The van der Waals surface area contributed by atoms with Crippen molar-refractivity contribution in [2.75, 3.05) is 36.9 Å². The van der Waals surface area contributed by atoms with Gasteiger partial charge in [-0.1, -0.05) is 11.6 Å². The Labute approximate surface area is 211 Å². The third kappa shape index (κ3) is 4.56. The van der Waals surface area contributed by atoms with Crippen molar-refractivity contribution in [1.29, 1.82) is 0 Å². The summed E-state index contributed by atoms with van der Waals surface area (Å²) in [5, 5.41) is 21.5. The fourth-order valence-electron chi connectivity index (χ4n) is 4.91. The molecule has 0 aliphatic carbocycles. The highest BCUT2D eigenvalue weighted by molar-refractivity contribution is 6.30. The van der Waals surface area contributed by atoms with Gasteiger partial charge in [-0.25, -0.2) is 4.98 Å². The number of nitrogens with one attached hydrogen (secondary N) is 1. The molecule has 0 bridgehead atoms. The van der Waals surface area contributed by atoms with Crippen molar-refractivity contribution >= 4 is 34.4 Å². The minimum absolute atomic E-state index is 0.0734. The number of aromatic nitrogens is 4. The number of aliphatic hydroxyl groups excluding tert-OH is 2. The number of H-pyrrole nitrogens is 1. The highest BCUT2D eigenvalue weighted by atomic mass is 35.5. The number of aliphatic hydroxyl groups is 2. The molecule has 194 valence electrons. The standard InChI is InChI=1S/C23H29ClN6O6/c1-2-34-23(7-9-29(10-8-23)14-5-3-13(24)4-6-14)36-18-17(32)15(11-31)35-21(18)30-12-26-16-19(30)27-22(25)28-20(16)33/h3-6,12,15,17-18,21,31-32H,2,7-11H2,1H3,(H3,25,27,28,33)/t15-,17-,18-,21-/m1/s1. The first-order chi connectivity index (χ1) is 17.3. The zero-order valence-corrected chi connectivity index (χ0v) is 20.5. The fraction of sp³-hybridized carbons (Fsp3) is 0.522. The number of piperidine rings is 1. The maximum absolute atomic E-state index is 12.3. The van der Waals surface area contributed by atoms with Crippen molar-refractivity contribution < 1.29 is 24.4 Å². The van der Waals surface area contributed by atoms with Gasteiger partial charge in [0, 0.05) is 43.2 Å². The number of imidazole rings is 1. The van der Waals surface area contributed by atoms with Crippen molar-refractivity contribution in [2.24, 2.45) is 0 Å². The summed E-state index contributed by atoms with van der Waals surface area (Å²) in [5.74, 6) is -1.07. The van der Waals surface area contributed by atoms with Gasteiger partial charge in [0.25, 0.3) is 5.56 Å². The van der Waals surface area contributed by atoms with E-state index in [2.05, 4.69) is 19.9 Å². The summed E-state index contributed by atoms with van der Waals surface area (Å²) in [5.41, 5.74) is 6.56. The second kappa shape index (κ2) is 9.96. The molecule has 13 heteroatoms. The zero-order valence-electron chi connectivity index (χ0n) is 19.7. The summed E-state index contributed by atoms with van der Waals surface area (Å²) in [4.78, 5) is 25.2. The summed E-state index contributed by atoms with van der Waals surface area (Å²) in [6.45, 7) is 3.17. The van der Waals surface area contributed by atoms with E-state index in [-0.39, 0.29) is 17.1 Å². The van der Waals surface area contributed by atoms with Gasteiger partial charge >= 0.3 is 0 Å². The van der Waals surface area contributed by atoms with E-state index in [1.807, 2.05) is 31.2 Å².